The third kappa shape index (κ3) is 5.14. The van der Waals surface area contributed by atoms with E-state index in [4.69, 9.17) is 4.74 Å². The number of amides is 1. The van der Waals surface area contributed by atoms with E-state index in [1.807, 2.05) is 58.9 Å². The van der Waals surface area contributed by atoms with Gasteiger partial charge in [-0.1, -0.05) is 18.2 Å². The molecule has 0 aliphatic carbocycles. The average molecular weight is 431 g/mol. The summed E-state index contributed by atoms with van der Waals surface area (Å²) >= 11 is 0. The number of carbonyl (C=O) groups excluding carboxylic acids is 1. The second kappa shape index (κ2) is 7.95. The van der Waals surface area contributed by atoms with Gasteiger partial charge in [0.2, 0.25) is 15.9 Å². The first kappa shape index (κ1) is 22.2. The minimum atomic E-state index is -3.63. The zero-order valence-electron chi connectivity index (χ0n) is 18.4. The summed E-state index contributed by atoms with van der Waals surface area (Å²) in [5.74, 6) is 0.402. The number of ether oxygens (including phenoxy) is 1. The highest BCUT2D eigenvalue weighted by atomic mass is 32.2. The summed E-state index contributed by atoms with van der Waals surface area (Å²) in [5, 5.41) is 3.03. The van der Waals surface area contributed by atoms with Crippen LogP contribution in [-0.2, 0) is 14.8 Å². The number of rotatable bonds is 5. The zero-order chi connectivity index (χ0) is 22.3. The van der Waals surface area contributed by atoms with Gasteiger partial charge in [-0.25, -0.2) is 8.42 Å². The van der Waals surface area contributed by atoms with Gasteiger partial charge in [-0.3, -0.25) is 9.10 Å². The second-order valence-corrected chi connectivity index (χ2v) is 10.7. The molecule has 1 aliphatic rings. The molecule has 3 rings (SSSR count). The molecule has 30 heavy (non-hydrogen) atoms. The molecule has 1 unspecified atom stereocenters. The smallest absolute Gasteiger partial charge is 0.241 e. The van der Waals surface area contributed by atoms with Crippen molar-refractivity contribution in [2.45, 2.75) is 52.7 Å². The van der Waals surface area contributed by atoms with E-state index < -0.39 is 15.6 Å². The minimum Gasteiger partial charge on any atom is -0.487 e. The monoisotopic (exact) mass is 430 g/mol. The van der Waals surface area contributed by atoms with E-state index in [0.717, 1.165) is 38.6 Å². The molecule has 0 saturated carbocycles. The van der Waals surface area contributed by atoms with Crippen molar-refractivity contribution in [2.24, 2.45) is 0 Å². The Morgan fingerprint density at radius 1 is 1.10 bits per heavy atom. The Labute approximate surface area is 179 Å². The maximum atomic E-state index is 12.9. The van der Waals surface area contributed by atoms with Crippen molar-refractivity contribution in [1.29, 1.82) is 0 Å². The van der Waals surface area contributed by atoms with Crippen LogP contribution in [0.1, 0.15) is 48.6 Å². The third-order valence-corrected chi connectivity index (χ3v) is 6.28. The van der Waals surface area contributed by atoms with Crippen molar-refractivity contribution >= 4 is 21.6 Å². The van der Waals surface area contributed by atoms with Crippen molar-refractivity contribution < 1.29 is 17.9 Å². The van der Waals surface area contributed by atoms with Crippen LogP contribution in [0.15, 0.2) is 36.4 Å². The van der Waals surface area contributed by atoms with Crippen molar-refractivity contribution in [3.63, 3.8) is 0 Å². The molecule has 0 saturated heterocycles. The van der Waals surface area contributed by atoms with Crippen LogP contribution in [0.5, 0.6) is 5.75 Å². The Kier molecular flexibility index (Phi) is 5.87. The first-order chi connectivity index (χ1) is 13.8. The molecule has 0 fully saturated rings. The Bertz CT molecular complexity index is 1060. The molecule has 0 bridgehead atoms. The van der Waals surface area contributed by atoms with Gasteiger partial charge in [-0.2, -0.15) is 0 Å². The van der Waals surface area contributed by atoms with Crippen LogP contribution in [0.25, 0.3) is 0 Å². The molecule has 1 amide bonds. The lowest BCUT2D eigenvalue weighted by Crippen LogP contribution is -2.45. The van der Waals surface area contributed by atoms with Gasteiger partial charge in [-0.05, 0) is 69.5 Å². The molecule has 2 aromatic rings. The Hall–Kier alpha value is -2.54. The van der Waals surface area contributed by atoms with Gasteiger partial charge in [0, 0.05) is 12.0 Å². The molecule has 1 N–H and O–H groups in total. The molecule has 1 heterocycles. The van der Waals surface area contributed by atoms with Crippen LogP contribution in [0.3, 0.4) is 0 Å². The van der Waals surface area contributed by atoms with Gasteiger partial charge in [-0.15, -0.1) is 0 Å². The van der Waals surface area contributed by atoms with Gasteiger partial charge in [0.15, 0.2) is 0 Å². The molecular formula is C23H30N2O4S. The third-order valence-electron chi connectivity index (χ3n) is 5.14. The molecule has 0 spiro atoms. The van der Waals surface area contributed by atoms with E-state index in [2.05, 4.69) is 5.32 Å². The summed E-state index contributed by atoms with van der Waals surface area (Å²) in [6.07, 6.45) is 1.71. The molecule has 1 atom stereocenters. The number of benzene rings is 2. The van der Waals surface area contributed by atoms with Crippen molar-refractivity contribution in [3.05, 3.63) is 58.7 Å². The number of sulfonamides is 1. The molecule has 1 aliphatic heterocycles. The van der Waals surface area contributed by atoms with Gasteiger partial charge in [0.25, 0.3) is 0 Å². The summed E-state index contributed by atoms with van der Waals surface area (Å²) in [4.78, 5) is 12.9. The highest BCUT2D eigenvalue weighted by Gasteiger charge is 2.35. The van der Waals surface area contributed by atoms with Gasteiger partial charge >= 0.3 is 0 Å². The van der Waals surface area contributed by atoms with Crippen LogP contribution in [0.4, 0.5) is 5.69 Å². The number of fused-ring (bicyclic) bond motifs is 1. The number of nitrogens with one attached hydrogen (secondary N) is 1. The Morgan fingerprint density at radius 3 is 2.33 bits per heavy atom. The van der Waals surface area contributed by atoms with Crippen molar-refractivity contribution in [3.8, 4) is 5.75 Å². The van der Waals surface area contributed by atoms with E-state index >= 15 is 0 Å². The molecule has 6 nitrogen and oxygen atoms in total. The first-order valence-corrected chi connectivity index (χ1v) is 11.8. The number of nitrogens with zero attached hydrogens (tertiary/aromatic N) is 1. The summed E-state index contributed by atoms with van der Waals surface area (Å²) < 4.78 is 32.1. The highest BCUT2D eigenvalue weighted by molar-refractivity contribution is 7.92. The fourth-order valence-corrected chi connectivity index (χ4v) is 4.79. The minimum absolute atomic E-state index is 0.252. The van der Waals surface area contributed by atoms with Crippen molar-refractivity contribution in [1.82, 2.24) is 5.32 Å². The van der Waals surface area contributed by atoms with Crippen LogP contribution >= 0.6 is 0 Å². The standard InChI is InChI=1S/C23H30N2O4S/c1-15-7-8-19-20(13-23(4,5)29-21(19)12-15)24-22(26)14-25(30(6,27)28)18-10-16(2)9-17(3)11-18/h7-12,20H,13-14H2,1-6H3,(H,24,26). The summed E-state index contributed by atoms with van der Waals surface area (Å²) in [7, 11) is -3.63. The van der Waals surface area contributed by atoms with Gasteiger partial charge < -0.3 is 10.1 Å². The highest BCUT2D eigenvalue weighted by Crippen LogP contribution is 2.39. The van der Waals surface area contributed by atoms with Crippen LogP contribution in [-0.4, -0.2) is 32.7 Å². The maximum absolute atomic E-state index is 12.9. The quantitative estimate of drug-likeness (QED) is 0.783. The maximum Gasteiger partial charge on any atom is 0.241 e. The number of anilines is 1. The van der Waals surface area contributed by atoms with E-state index in [9.17, 15) is 13.2 Å². The van der Waals surface area contributed by atoms with Crippen LogP contribution < -0.4 is 14.4 Å². The molecular weight excluding hydrogens is 400 g/mol. The van der Waals surface area contributed by atoms with Crippen LogP contribution in [0.2, 0.25) is 0 Å². The van der Waals surface area contributed by atoms with E-state index in [-0.39, 0.29) is 18.5 Å². The molecule has 2 aromatic carbocycles. The number of hydrogen-bond acceptors (Lipinski definition) is 4. The molecule has 0 aromatic heterocycles. The summed E-state index contributed by atoms with van der Waals surface area (Å²) in [5.41, 5.74) is 3.92. The molecule has 0 radical (unpaired) electrons. The molecule has 162 valence electrons. The summed E-state index contributed by atoms with van der Waals surface area (Å²) in [6.45, 7) is 9.49. The SMILES string of the molecule is Cc1cc(C)cc(N(CC(=O)NC2CC(C)(C)Oc3cc(C)ccc32)S(C)(=O)=O)c1. The van der Waals surface area contributed by atoms with Crippen LogP contribution in [0, 0.1) is 20.8 Å². The molecule has 7 heteroatoms. The lowest BCUT2D eigenvalue weighted by Gasteiger charge is -2.38. The lowest BCUT2D eigenvalue weighted by molar-refractivity contribution is -0.120. The van der Waals surface area contributed by atoms with Gasteiger partial charge in [0.05, 0.1) is 18.0 Å². The number of carbonyl (C=O) groups is 1. The average Bonchev–Trinajstić information content (AvgIpc) is 2.56. The largest absolute Gasteiger partial charge is 0.487 e. The predicted molar refractivity (Wildman–Crippen MR) is 119 cm³/mol. The predicted octanol–water partition coefficient (Wildman–Crippen LogP) is 3.80. The normalized spacial score (nSPS) is 17.6. The first-order valence-electron chi connectivity index (χ1n) is 9.99. The second-order valence-electron chi connectivity index (χ2n) is 8.84. The van der Waals surface area contributed by atoms with E-state index in [1.54, 1.807) is 12.1 Å². The summed E-state index contributed by atoms with van der Waals surface area (Å²) in [6, 6.07) is 11.2. The number of aryl methyl sites for hydroxylation is 3. The number of hydrogen-bond donors (Lipinski definition) is 1. The van der Waals surface area contributed by atoms with E-state index in [0.29, 0.717) is 12.1 Å². The fourth-order valence-electron chi connectivity index (χ4n) is 3.95. The zero-order valence-corrected chi connectivity index (χ0v) is 19.3. The fraction of sp³-hybridized carbons (Fsp3) is 0.435. The van der Waals surface area contributed by atoms with E-state index in [1.165, 1.54) is 0 Å². The van der Waals surface area contributed by atoms with Crippen molar-refractivity contribution in [2.75, 3.05) is 17.1 Å². The lowest BCUT2D eigenvalue weighted by atomic mass is 9.89. The Morgan fingerprint density at radius 2 is 1.73 bits per heavy atom. The topological polar surface area (TPSA) is 75.7 Å². The Balaban J connectivity index is 1.86. The van der Waals surface area contributed by atoms with Gasteiger partial charge in [0.1, 0.15) is 17.9 Å².